The maximum absolute atomic E-state index is 5.47. The number of hydrogen-bond donors (Lipinski definition) is 1. The molecule has 0 spiro atoms. The average molecular weight is 212 g/mol. The molecule has 0 aromatic carbocycles. The van der Waals surface area contributed by atoms with Crippen molar-refractivity contribution in [1.82, 2.24) is 10.2 Å². The molecule has 0 radical (unpaired) electrons. The van der Waals surface area contributed by atoms with E-state index in [4.69, 9.17) is 4.74 Å². The van der Waals surface area contributed by atoms with Gasteiger partial charge < -0.3 is 10.1 Å². The van der Waals surface area contributed by atoms with Crippen LogP contribution in [0.2, 0.25) is 0 Å². The fourth-order valence-electron chi connectivity index (χ4n) is 2.30. The summed E-state index contributed by atoms with van der Waals surface area (Å²) in [7, 11) is 0. The van der Waals surface area contributed by atoms with Gasteiger partial charge in [-0.05, 0) is 33.1 Å². The highest BCUT2D eigenvalue weighted by molar-refractivity contribution is 4.90. The Morgan fingerprint density at radius 1 is 1.33 bits per heavy atom. The third-order valence-electron chi connectivity index (χ3n) is 3.45. The normalized spacial score (nSPS) is 29.6. The molecule has 2 unspecified atom stereocenters. The van der Waals surface area contributed by atoms with Gasteiger partial charge in [0.15, 0.2) is 0 Å². The summed E-state index contributed by atoms with van der Waals surface area (Å²) in [5, 5.41) is 3.71. The van der Waals surface area contributed by atoms with Crippen molar-refractivity contribution in [2.75, 3.05) is 26.3 Å². The largest absolute Gasteiger partial charge is 0.380 e. The summed E-state index contributed by atoms with van der Waals surface area (Å²) in [4.78, 5) is 2.55. The van der Waals surface area contributed by atoms with Crippen molar-refractivity contribution >= 4 is 0 Å². The van der Waals surface area contributed by atoms with Crippen LogP contribution in [0.3, 0.4) is 0 Å². The van der Waals surface area contributed by atoms with Crippen LogP contribution in [0, 0.1) is 0 Å². The Hall–Kier alpha value is -0.120. The Balaban J connectivity index is 1.66. The third-order valence-corrected chi connectivity index (χ3v) is 3.45. The second-order valence-electron chi connectivity index (χ2n) is 4.93. The van der Waals surface area contributed by atoms with E-state index >= 15 is 0 Å². The second-order valence-corrected chi connectivity index (χ2v) is 4.93. The number of nitrogens with zero attached hydrogens (tertiary/aromatic N) is 1. The number of hydrogen-bond acceptors (Lipinski definition) is 3. The minimum absolute atomic E-state index is 0.580. The van der Waals surface area contributed by atoms with Crippen LogP contribution in [0.4, 0.5) is 0 Å². The van der Waals surface area contributed by atoms with Crippen molar-refractivity contribution in [3.05, 3.63) is 0 Å². The molecule has 1 N–H and O–H groups in total. The molecular formula is C12H24N2O. The van der Waals surface area contributed by atoms with Gasteiger partial charge in [0.05, 0.1) is 6.61 Å². The molecule has 2 aliphatic rings. The molecule has 2 rings (SSSR count). The maximum atomic E-state index is 5.47. The second kappa shape index (κ2) is 5.28. The van der Waals surface area contributed by atoms with Crippen LogP contribution >= 0.6 is 0 Å². The minimum atomic E-state index is 0.580. The molecule has 0 bridgehead atoms. The van der Waals surface area contributed by atoms with Gasteiger partial charge in [-0.1, -0.05) is 0 Å². The Kier molecular flexibility index (Phi) is 4.00. The SMILES string of the molecule is CCOCC(C)N1CCC(NC2CC2)C1. The highest BCUT2D eigenvalue weighted by Gasteiger charge is 2.30. The molecule has 1 aliphatic heterocycles. The van der Waals surface area contributed by atoms with Gasteiger partial charge in [0, 0.05) is 37.8 Å². The van der Waals surface area contributed by atoms with Gasteiger partial charge in [-0.15, -0.1) is 0 Å². The monoisotopic (exact) mass is 212 g/mol. The van der Waals surface area contributed by atoms with Crippen molar-refractivity contribution in [2.45, 2.75) is 51.2 Å². The zero-order valence-electron chi connectivity index (χ0n) is 10.0. The van der Waals surface area contributed by atoms with E-state index in [0.717, 1.165) is 25.3 Å². The number of ether oxygens (including phenoxy) is 1. The molecule has 2 atom stereocenters. The lowest BCUT2D eigenvalue weighted by Crippen LogP contribution is -2.38. The predicted octanol–water partition coefficient (Wildman–Crippen LogP) is 1.24. The molecule has 3 nitrogen and oxygen atoms in total. The van der Waals surface area contributed by atoms with Crippen LogP contribution < -0.4 is 5.32 Å². The van der Waals surface area contributed by atoms with Crippen LogP contribution in [-0.2, 0) is 4.74 Å². The molecule has 15 heavy (non-hydrogen) atoms. The summed E-state index contributed by atoms with van der Waals surface area (Å²) < 4.78 is 5.47. The molecule has 0 aromatic rings. The standard InChI is InChI=1S/C12H24N2O/c1-3-15-9-10(2)14-7-6-12(8-14)13-11-4-5-11/h10-13H,3-9H2,1-2H3. The molecule has 1 saturated carbocycles. The van der Waals surface area contributed by atoms with Crippen LogP contribution in [0.5, 0.6) is 0 Å². The molecule has 2 fully saturated rings. The number of likely N-dealkylation sites (tertiary alicyclic amines) is 1. The van der Waals surface area contributed by atoms with Crippen LogP contribution in [0.15, 0.2) is 0 Å². The zero-order valence-corrected chi connectivity index (χ0v) is 10.0. The first kappa shape index (κ1) is 11.4. The highest BCUT2D eigenvalue weighted by atomic mass is 16.5. The summed E-state index contributed by atoms with van der Waals surface area (Å²) in [6.07, 6.45) is 4.10. The van der Waals surface area contributed by atoms with Gasteiger partial charge in [0.2, 0.25) is 0 Å². The molecular weight excluding hydrogens is 188 g/mol. The molecule has 0 amide bonds. The Bertz CT molecular complexity index is 194. The molecule has 0 aromatic heterocycles. The summed E-state index contributed by atoms with van der Waals surface area (Å²) in [6.45, 7) is 8.50. The first-order chi connectivity index (χ1) is 7.29. The molecule has 1 heterocycles. The molecule has 1 aliphatic carbocycles. The van der Waals surface area contributed by atoms with Gasteiger partial charge in [-0.3, -0.25) is 4.90 Å². The van der Waals surface area contributed by atoms with E-state index in [9.17, 15) is 0 Å². The highest BCUT2D eigenvalue weighted by Crippen LogP contribution is 2.22. The van der Waals surface area contributed by atoms with Gasteiger partial charge in [0.1, 0.15) is 0 Å². The summed E-state index contributed by atoms with van der Waals surface area (Å²) >= 11 is 0. The number of rotatable bonds is 6. The lowest BCUT2D eigenvalue weighted by molar-refractivity contribution is 0.0835. The maximum Gasteiger partial charge on any atom is 0.0619 e. The van der Waals surface area contributed by atoms with Gasteiger partial charge in [-0.2, -0.15) is 0 Å². The fraction of sp³-hybridized carbons (Fsp3) is 1.00. The van der Waals surface area contributed by atoms with Crippen LogP contribution in [0.25, 0.3) is 0 Å². The topological polar surface area (TPSA) is 24.5 Å². The predicted molar refractivity (Wildman–Crippen MR) is 62.1 cm³/mol. The van der Waals surface area contributed by atoms with Crippen molar-refractivity contribution < 1.29 is 4.74 Å². The average Bonchev–Trinajstić information content (AvgIpc) is 2.91. The fourth-order valence-corrected chi connectivity index (χ4v) is 2.30. The summed E-state index contributed by atoms with van der Waals surface area (Å²) in [5.74, 6) is 0. The van der Waals surface area contributed by atoms with Crippen molar-refractivity contribution in [3.63, 3.8) is 0 Å². The smallest absolute Gasteiger partial charge is 0.0619 e. The quantitative estimate of drug-likeness (QED) is 0.717. The van der Waals surface area contributed by atoms with Crippen LogP contribution in [0.1, 0.15) is 33.1 Å². The third kappa shape index (κ3) is 3.44. The van der Waals surface area contributed by atoms with Gasteiger partial charge in [-0.25, -0.2) is 0 Å². The van der Waals surface area contributed by atoms with E-state index in [0.29, 0.717) is 6.04 Å². The zero-order chi connectivity index (χ0) is 10.7. The van der Waals surface area contributed by atoms with E-state index in [2.05, 4.69) is 24.1 Å². The van der Waals surface area contributed by atoms with Crippen molar-refractivity contribution in [1.29, 1.82) is 0 Å². The van der Waals surface area contributed by atoms with Crippen molar-refractivity contribution in [2.24, 2.45) is 0 Å². The van der Waals surface area contributed by atoms with E-state index < -0.39 is 0 Å². The van der Waals surface area contributed by atoms with Gasteiger partial charge in [0.25, 0.3) is 0 Å². The molecule has 88 valence electrons. The van der Waals surface area contributed by atoms with Crippen molar-refractivity contribution in [3.8, 4) is 0 Å². The summed E-state index contributed by atoms with van der Waals surface area (Å²) in [6, 6.07) is 2.16. The van der Waals surface area contributed by atoms with Gasteiger partial charge >= 0.3 is 0 Å². The molecule has 3 heteroatoms. The first-order valence-corrected chi connectivity index (χ1v) is 6.37. The molecule has 1 saturated heterocycles. The minimum Gasteiger partial charge on any atom is -0.380 e. The Morgan fingerprint density at radius 3 is 2.80 bits per heavy atom. The lowest BCUT2D eigenvalue weighted by Gasteiger charge is -2.24. The van der Waals surface area contributed by atoms with E-state index in [1.54, 1.807) is 0 Å². The lowest BCUT2D eigenvalue weighted by atomic mass is 10.2. The van der Waals surface area contributed by atoms with E-state index in [1.165, 1.54) is 32.4 Å². The van der Waals surface area contributed by atoms with E-state index in [1.807, 2.05) is 0 Å². The number of nitrogens with one attached hydrogen (secondary N) is 1. The van der Waals surface area contributed by atoms with Crippen LogP contribution in [-0.4, -0.2) is 49.3 Å². The Labute approximate surface area is 93.2 Å². The van der Waals surface area contributed by atoms with E-state index in [-0.39, 0.29) is 0 Å². The first-order valence-electron chi connectivity index (χ1n) is 6.37. The summed E-state index contributed by atoms with van der Waals surface area (Å²) in [5.41, 5.74) is 0. The Morgan fingerprint density at radius 2 is 2.13 bits per heavy atom.